The molecule has 2 aromatic carbocycles. The Hall–Kier alpha value is -3.10. The van der Waals surface area contributed by atoms with Gasteiger partial charge >= 0.3 is 6.11 Å². The van der Waals surface area contributed by atoms with Crippen molar-refractivity contribution in [3.8, 4) is 28.0 Å². The van der Waals surface area contributed by atoms with E-state index >= 15 is 0 Å². The minimum atomic E-state index is -3.20. The third kappa shape index (κ3) is 4.01. The van der Waals surface area contributed by atoms with Crippen molar-refractivity contribution in [1.29, 1.82) is 0 Å². The molecule has 1 atom stereocenters. The number of ether oxygens (including phenoxy) is 1. The van der Waals surface area contributed by atoms with Crippen LogP contribution >= 0.6 is 0 Å². The largest absolute Gasteiger partial charge is 0.432 e. The number of hydrogen-bond donors (Lipinski definition) is 1. The SMILES string of the molecule is CN(S(=O)c1cccc(-c2cnc3[nH]cc(-c4cccc5c4CC(F)(F)O5)c3c2)c1)C(C)(C)C. The van der Waals surface area contributed by atoms with E-state index in [1.54, 1.807) is 24.5 Å². The van der Waals surface area contributed by atoms with Crippen LogP contribution in [0.4, 0.5) is 8.78 Å². The van der Waals surface area contributed by atoms with Crippen LogP contribution in [0.3, 0.4) is 0 Å². The standard InChI is InChI=1S/C26H25F2N3O2S/c1-25(2,3)31(4)34(32)18-8-5-7-16(11-18)17-12-20-22(15-30-24(20)29-14-17)19-9-6-10-23-21(19)13-26(27,28)33-23/h5-12,14-15H,13H2,1-4H3,(H,29,30). The van der Waals surface area contributed by atoms with Crippen molar-refractivity contribution in [2.45, 2.75) is 43.7 Å². The van der Waals surface area contributed by atoms with Crippen molar-refractivity contribution < 1.29 is 17.7 Å². The smallest absolute Gasteiger partial charge is 0.402 e. The number of alkyl halides is 2. The molecule has 0 fully saturated rings. The van der Waals surface area contributed by atoms with Gasteiger partial charge in [0.2, 0.25) is 0 Å². The van der Waals surface area contributed by atoms with Crippen LogP contribution in [0.15, 0.2) is 65.8 Å². The molecule has 4 aromatic rings. The number of halogens is 2. The van der Waals surface area contributed by atoms with Crippen LogP contribution in [0.25, 0.3) is 33.3 Å². The van der Waals surface area contributed by atoms with Gasteiger partial charge in [0.25, 0.3) is 0 Å². The summed E-state index contributed by atoms with van der Waals surface area (Å²) >= 11 is 0. The van der Waals surface area contributed by atoms with Crippen molar-refractivity contribution in [2.24, 2.45) is 0 Å². The molecule has 3 heterocycles. The van der Waals surface area contributed by atoms with Crippen molar-refractivity contribution in [2.75, 3.05) is 7.05 Å². The highest BCUT2D eigenvalue weighted by molar-refractivity contribution is 7.82. The Morgan fingerprint density at radius 1 is 1.09 bits per heavy atom. The van der Waals surface area contributed by atoms with Gasteiger partial charge in [-0.1, -0.05) is 24.3 Å². The molecule has 0 amide bonds. The maximum atomic E-state index is 13.9. The number of fused-ring (bicyclic) bond motifs is 2. The predicted octanol–water partition coefficient (Wildman–Crippen LogP) is 6.18. The van der Waals surface area contributed by atoms with Crippen LogP contribution < -0.4 is 4.74 Å². The van der Waals surface area contributed by atoms with E-state index in [-0.39, 0.29) is 11.3 Å². The summed E-state index contributed by atoms with van der Waals surface area (Å²) in [5.41, 5.74) is 4.10. The Kier molecular flexibility index (Phi) is 5.33. The lowest BCUT2D eigenvalue weighted by Crippen LogP contribution is -2.39. The van der Waals surface area contributed by atoms with E-state index in [0.29, 0.717) is 21.7 Å². The molecule has 1 aliphatic rings. The quantitative estimate of drug-likeness (QED) is 0.379. The summed E-state index contributed by atoms with van der Waals surface area (Å²) < 4.78 is 47.6. The second kappa shape index (κ2) is 7.99. The van der Waals surface area contributed by atoms with Gasteiger partial charge in [-0.05, 0) is 56.2 Å². The molecular formula is C26H25F2N3O2S. The second-order valence-electron chi connectivity index (χ2n) is 9.47. The number of benzene rings is 2. The van der Waals surface area contributed by atoms with Crippen LogP contribution in [-0.2, 0) is 17.4 Å². The summed E-state index contributed by atoms with van der Waals surface area (Å²) in [6, 6.07) is 14.7. The maximum absolute atomic E-state index is 13.9. The van der Waals surface area contributed by atoms with Crippen molar-refractivity contribution in [3.05, 3.63) is 66.5 Å². The van der Waals surface area contributed by atoms with Crippen molar-refractivity contribution in [3.63, 3.8) is 0 Å². The molecule has 0 saturated heterocycles. The van der Waals surface area contributed by atoms with Crippen molar-refractivity contribution >= 4 is 22.0 Å². The number of nitrogens with one attached hydrogen (secondary N) is 1. The first-order valence-corrected chi connectivity index (χ1v) is 12.1. The second-order valence-corrected chi connectivity index (χ2v) is 11.0. The minimum absolute atomic E-state index is 0.208. The number of pyridine rings is 1. The molecule has 0 bridgehead atoms. The van der Waals surface area contributed by atoms with Crippen molar-refractivity contribution in [1.82, 2.24) is 14.3 Å². The zero-order valence-corrected chi connectivity index (χ0v) is 20.2. The van der Waals surface area contributed by atoms with Gasteiger partial charge in [-0.25, -0.2) is 13.5 Å². The Morgan fingerprint density at radius 2 is 1.85 bits per heavy atom. The highest BCUT2D eigenvalue weighted by atomic mass is 32.2. The predicted molar refractivity (Wildman–Crippen MR) is 130 cm³/mol. The summed E-state index contributed by atoms with van der Waals surface area (Å²) in [6.45, 7) is 6.05. The highest BCUT2D eigenvalue weighted by Gasteiger charge is 2.41. The van der Waals surface area contributed by atoms with Gasteiger partial charge in [0.1, 0.15) is 22.4 Å². The molecule has 34 heavy (non-hydrogen) atoms. The van der Waals surface area contributed by atoms with Crippen LogP contribution in [0.2, 0.25) is 0 Å². The number of rotatable bonds is 4. The summed E-state index contributed by atoms with van der Waals surface area (Å²) in [5, 5.41) is 0.819. The average molecular weight is 482 g/mol. The van der Waals surface area contributed by atoms with Gasteiger partial charge in [0.15, 0.2) is 0 Å². The fraction of sp³-hybridized carbons (Fsp3) is 0.269. The van der Waals surface area contributed by atoms with Crippen LogP contribution in [0.5, 0.6) is 5.75 Å². The first-order chi connectivity index (χ1) is 16.0. The van der Waals surface area contributed by atoms with E-state index in [1.807, 2.05) is 68.5 Å². The number of aromatic amines is 1. The fourth-order valence-corrected chi connectivity index (χ4v) is 5.31. The molecule has 2 aromatic heterocycles. The van der Waals surface area contributed by atoms with Gasteiger partial charge in [0.05, 0.1) is 11.3 Å². The molecule has 0 saturated carbocycles. The zero-order valence-electron chi connectivity index (χ0n) is 19.4. The Bertz CT molecular complexity index is 1430. The molecule has 8 heteroatoms. The first kappa shape index (κ1) is 22.7. The number of aromatic nitrogens is 2. The molecule has 1 N–H and O–H groups in total. The molecule has 0 aliphatic carbocycles. The molecule has 1 aliphatic heterocycles. The third-order valence-electron chi connectivity index (χ3n) is 6.16. The molecule has 176 valence electrons. The lowest BCUT2D eigenvalue weighted by Gasteiger charge is -2.30. The van der Waals surface area contributed by atoms with Gasteiger partial charge in [0, 0.05) is 47.1 Å². The van der Waals surface area contributed by atoms with Crippen LogP contribution in [0.1, 0.15) is 26.3 Å². The normalized spacial score (nSPS) is 16.0. The Balaban J connectivity index is 1.56. The molecule has 0 spiro atoms. The van der Waals surface area contributed by atoms with Crippen LogP contribution in [0, 0.1) is 0 Å². The lowest BCUT2D eigenvalue weighted by molar-refractivity contribution is -0.159. The minimum Gasteiger partial charge on any atom is -0.432 e. The monoisotopic (exact) mass is 481 g/mol. The zero-order chi connectivity index (χ0) is 24.3. The van der Waals surface area contributed by atoms with E-state index in [0.717, 1.165) is 22.1 Å². The topological polar surface area (TPSA) is 58.2 Å². The third-order valence-corrected chi connectivity index (χ3v) is 7.86. The Morgan fingerprint density at radius 3 is 2.62 bits per heavy atom. The van der Waals surface area contributed by atoms with E-state index < -0.39 is 23.5 Å². The average Bonchev–Trinajstić information content (AvgIpc) is 3.35. The number of H-pyrrole nitrogens is 1. The van der Waals surface area contributed by atoms with E-state index in [9.17, 15) is 13.0 Å². The molecule has 5 rings (SSSR count). The van der Waals surface area contributed by atoms with Gasteiger partial charge in [-0.3, -0.25) is 0 Å². The fourth-order valence-electron chi connectivity index (χ4n) is 4.07. The van der Waals surface area contributed by atoms with E-state index in [1.165, 1.54) is 0 Å². The summed E-state index contributed by atoms with van der Waals surface area (Å²) in [5.74, 6) is 0.208. The molecular weight excluding hydrogens is 456 g/mol. The number of hydrogen-bond acceptors (Lipinski definition) is 3. The maximum Gasteiger partial charge on any atom is 0.402 e. The number of nitrogens with zero attached hydrogens (tertiary/aromatic N) is 2. The molecule has 0 radical (unpaired) electrons. The van der Waals surface area contributed by atoms with Gasteiger partial charge in [-0.15, -0.1) is 0 Å². The Labute approximate surface area is 199 Å². The molecule has 5 nitrogen and oxygen atoms in total. The lowest BCUT2D eigenvalue weighted by atomic mass is 9.97. The highest BCUT2D eigenvalue weighted by Crippen LogP contribution is 2.44. The van der Waals surface area contributed by atoms with Gasteiger partial charge < -0.3 is 9.72 Å². The van der Waals surface area contributed by atoms with E-state index in [4.69, 9.17) is 4.74 Å². The summed E-state index contributed by atoms with van der Waals surface area (Å²) in [6.07, 6.45) is -0.125. The van der Waals surface area contributed by atoms with Crippen LogP contribution in [-0.4, -0.2) is 37.2 Å². The summed E-state index contributed by atoms with van der Waals surface area (Å²) in [7, 11) is 0.521. The first-order valence-electron chi connectivity index (χ1n) is 11.0. The van der Waals surface area contributed by atoms with Gasteiger partial charge in [-0.2, -0.15) is 8.78 Å². The van der Waals surface area contributed by atoms with E-state index in [2.05, 4.69) is 9.97 Å². The molecule has 1 unspecified atom stereocenters. The summed E-state index contributed by atoms with van der Waals surface area (Å²) in [4.78, 5) is 8.40.